The van der Waals surface area contributed by atoms with Gasteiger partial charge in [0.2, 0.25) is 5.13 Å². The average molecular weight is 527 g/mol. The van der Waals surface area contributed by atoms with Crippen molar-refractivity contribution in [1.29, 1.82) is 5.26 Å². The van der Waals surface area contributed by atoms with Crippen LogP contribution in [0, 0.1) is 24.2 Å². The number of nitriles is 1. The summed E-state index contributed by atoms with van der Waals surface area (Å²) < 4.78 is 16.9. The molecule has 0 bridgehead atoms. The van der Waals surface area contributed by atoms with Gasteiger partial charge in [-0.2, -0.15) is 5.26 Å². The molecule has 3 aromatic rings. The molecule has 1 amide bonds. The normalized spacial score (nSPS) is 11.2. The van der Waals surface area contributed by atoms with Crippen molar-refractivity contribution >= 4 is 40.1 Å². The lowest BCUT2D eigenvalue weighted by Crippen LogP contribution is -2.13. The lowest BCUT2D eigenvalue weighted by molar-refractivity contribution is -0.112. The molecule has 0 spiro atoms. The van der Waals surface area contributed by atoms with E-state index in [0.717, 1.165) is 22.7 Å². The molecule has 36 heavy (non-hydrogen) atoms. The van der Waals surface area contributed by atoms with Gasteiger partial charge in [0.25, 0.3) is 5.91 Å². The molecule has 1 aromatic heterocycles. The zero-order valence-electron chi connectivity index (χ0n) is 20.5. The Morgan fingerprint density at radius 1 is 1.22 bits per heavy atom. The van der Waals surface area contributed by atoms with Gasteiger partial charge >= 0.3 is 0 Å². The summed E-state index contributed by atoms with van der Waals surface area (Å²) in [6.45, 7) is 6.70. The number of amides is 1. The Morgan fingerprint density at radius 2 is 2.00 bits per heavy atom. The van der Waals surface area contributed by atoms with Crippen LogP contribution >= 0.6 is 22.9 Å². The molecule has 1 N–H and O–H groups in total. The van der Waals surface area contributed by atoms with Crippen LogP contribution in [0.5, 0.6) is 17.2 Å². The van der Waals surface area contributed by atoms with E-state index in [1.54, 1.807) is 12.1 Å². The van der Waals surface area contributed by atoms with Gasteiger partial charge in [-0.1, -0.05) is 48.9 Å². The number of hydrogen-bond acceptors (Lipinski definition) is 8. The minimum absolute atomic E-state index is 0.117. The van der Waals surface area contributed by atoms with E-state index in [9.17, 15) is 10.1 Å². The number of benzene rings is 2. The van der Waals surface area contributed by atoms with Crippen molar-refractivity contribution in [1.82, 2.24) is 10.2 Å². The molecule has 10 heteroatoms. The molecule has 2 aromatic carbocycles. The molecule has 0 saturated heterocycles. The molecule has 3 rings (SSSR count). The zero-order chi connectivity index (χ0) is 26.1. The monoisotopic (exact) mass is 526 g/mol. The Balaban J connectivity index is 1.67. The van der Waals surface area contributed by atoms with Crippen LogP contribution in [-0.2, 0) is 11.2 Å². The third-order valence-electron chi connectivity index (χ3n) is 4.79. The predicted molar refractivity (Wildman–Crippen MR) is 141 cm³/mol. The highest BCUT2D eigenvalue weighted by atomic mass is 35.5. The fourth-order valence-corrected chi connectivity index (χ4v) is 4.41. The van der Waals surface area contributed by atoms with E-state index < -0.39 is 5.91 Å². The van der Waals surface area contributed by atoms with Gasteiger partial charge in [0.1, 0.15) is 35.6 Å². The largest absolute Gasteiger partial charge is 0.493 e. The van der Waals surface area contributed by atoms with Crippen molar-refractivity contribution in [3.63, 3.8) is 0 Å². The third kappa shape index (κ3) is 7.70. The van der Waals surface area contributed by atoms with Crippen LogP contribution in [0.1, 0.15) is 30.0 Å². The summed E-state index contributed by atoms with van der Waals surface area (Å²) in [6, 6.07) is 12.9. The fourth-order valence-electron chi connectivity index (χ4n) is 3.19. The second kappa shape index (κ2) is 12.9. The summed E-state index contributed by atoms with van der Waals surface area (Å²) in [5.74, 6) is 1.30. The number of aryl methyl sites for hydroxylation is 1. The molecule has 8 nitrogen and oxygen atoms in total. The summed E-state index contributed by atoms with van der Waals surface area (Å²) in [7, 11) is 1.48. The van der Waals surface area contributed by atoms with E-state index in [1.807, 2.05) is 37.3 Å². The molecule has 0 fully saturated rings. The van der Waals surface area contributed by atoms with Gasteiger partial charge < -0.3 is 14.2 Å². The summed E-state index contributed by atoms with van der Waals surface area (Å²) in [4.78, 5) is 12.6. The third-order valence-corrected chi connectivity index (χ3v) is 5.93. The maximum Gasteiger partial charge on any atom is 0.268 e. The molecule has 0 atom stereocenters. The summed E-state index contributed by atoms with van der Waals surface area (Å²) in [6.07, 6.45) is 2.18. The quantitative estimate of drug-likeness (QED) is 0.194. The summed E-state index contributed by atoms with van der Waals surface area (Å²) >= 11 is 7.72. The second-order valence-electron chi connectivity index (χ2n) is 8.27. The van der Waals surface area contributed by atoms with Crippen molar-refractivity contribution < 1.29 is 19.0 Å². The zero-order valence-corrected chi connectivity index (χ0v) is 22.1. The van der Waals surface area contributed by atoms with Crippen LogP contribution in [0.3, 0.4) is 0 Å². The number of nitrogens with zero attached hydrogens (tertiary/aromatic N) is 3. The molecule has 0 aliphatic heterocycles. The lowest BCUT2D eigenvalue weighted by Gasteiger charge is -2.14. The first kappa shape index (κ1) is 27.0. The Kier molecular flexibility index (Phi) is 9.68. The average Bonchev–Trinajstić information content (AvgIpc) is 3.26. The number of anilines is 1. The number of nitrogens with one attached hydrogen (secondary N) is 1. The van der Waals surface area contributed by atoms with Crippen LogP contribution in [0.15, 0.2) is 42.0 Å². The number of hydrogen-bond donors (Lipinski definition) is 1. The van der Waals surface area contributed by atoms with Crippen LogP contribution in [-0.4, -0.2) is 36.4 Å². The van der Waals surface area contributed by atoms with Crippen LogP contribution < -0.4 is 19.5 Å². The highest BCUT2D eigenvalue weighted by molar-refractivity contribution is 7.15. The van der Waals surface area contributed by atoms with E-state index in [0.29, 0.717) is 34.7 Å². The Morgan fingerprint density at radius 3 is 2.69 bits per heavy atom. The smallest absolute Gasteiger partial charge is 0.268 e. The van der Waals surface area contributed by atoms with Gasteiger partial charge in [-0.3, -0.25) is 10.1 Å². The second-order valence-corrected chi connectivity index (χ2v) is 9.74. The van der Waals surface area contributed by atoms with Crippen LogP contribution in [0.25, 0.3) is 6.08 Å². The number of halogens is 1. The van der Waals surface area contributed by atoms with Crippen LogP contribution in [0.2, 0.25) is 5.02 Å². The van der Waals surface area contributed by atoms with Gasteiger partial charge in [-0.15, -0.1) is 10.2 Å². The molecule has 0 radical (unpaired) electrons. The molecule has 0 aliphatic carbocycles. The minimum atomic E-state index is -0.589. The minimum Gasteiger partial charge on any atom is -0.493 e. The maximum atomic E-state index is 12.6. The number of carbonyl (C=O) groups is 1. The van der Waals surface area contributed by atoms with E-state index in [2.05, 4.69) is 29.4 Å². The molecular weight excluding hydrogens is 500 g/mol. The fraction of sp³-hybridized carbons (Fsp3) is 0.308. The van der Waals surface area contributed by atoms with Crippen molar-refractivity contribution in [2.24, 2.45) is 5.92 Å². The van der Waals surface area contributed by atoms with Crippen molar-refractivity contribution in [3.8, 4) is 23.3 Å². The van der Waals surface area contributed by atoms with E-state index in [1.165, 1.54) is 24.5 Å². The first-order valence-corrected chi connectivity index (χ1v) is 12.4. The highest BCUT2D eigenvalue weighted by Gasteiger charge is 2.16. The SMILES string of the molecule is COc1cc(/C=C(/C#N)C(=O)Nc2nnc(CC(C)C)s2)cc(Cl)c1OCCOc1cccc(C)c1. The number of aromatic nitrogens is 2. The van der Waals surface area contributed by atoms with E-state index in [-0.39, 0.29) is 17.2 Å². The highest BCUT2D eigenvalue weighted by Crippen LogP contribution is 2.37. The number of ether oxygens (including phenoxy) is 3. The molecule has 1 heterocycles. The van der Waals surface area contributed by atoms with Crippen molar-refractivity contribution in [2.45, 2.75) is 27.2 Å². The first-order chi connectivity index (χ1) is 17.3. The Labute approximate surface area is 219 Å². The standard InChI is InChI=1S/C26H27ClN4O4S/c1-16(2)10-23-30-31-26(36-23)29-25(32)19(15-28)12-18-13-21(27)24(22(14-18)33-4)35-9-8-34-20-7-5-6-17(3)11-20/h5-7,11-14,16H,8-10H2,1-4H3,(H,29,31,32)/b19-12-. The number of carbonyl (C=O) groups excluding carboxylic acids is 1. The summed E-state index contributed by atoms with van der Waals surface area (Å²) in [5.41, 5.74) is 1.49. The predicted octanol–water partition coefficient (Wildman–Crippen LogP) is 5.71. The number of rotatable bonds is 11. The maximum absolute atomic E-state index is 12.6. The topological polar surface area (TPSA) is 106 Å². The Hall–Kier alpha value is -3.61. The summed E-state index contributed by atoms with van der Waals surface area (Å²) in [5, 5.41) is 21.7. The van der Waals surface area contributed by atoms with Crippen molar-refractivity contribution in [3.05, 3.63) is 63.1 Å². The van der Waals surface area contributed by atoms with E-state index in [4.69, 9.17) is 25.8 Å². The first-order valence-electron chi connectivity index (χ1n) is 11.2. The molecule has 0 aliphatic rings. The Bertz CT molecular complexity index is 1280. The van der Waals surface area contributed by atoms with Gasteiger partial charge in [0, 0.05) is 6.42 Å². The molecule has 0 saturated carbocycles. The molecular formula is C26H27ClN4O4S. The van der Waals surface area contributed by atoms with Crippen molar-refractivity contribution in [2.75, 3.05) is 25.6 Å². The van der Waals surface area contributed by atoms with Gasteiger partial charge in [0.05, 0.1) is 12.1 Å². The van der Waals surface area contributed by atoms with Gasteiger partial charge in [0.15, 0.2) is 11.5 Å². The van der Waals surface area contributed by atoms with Crippen LogP contribution in [0.4, 0.5) is 5.13 Å². The van der Waals surface area contributed by atoms with E-state index >= 15 is 0 Å². The van der Waals surface area contributed by atoms with Gasteiger partial charge in [-0.25, -0.2) is 0 Å². The molecule has 188 valence electrons. The lowest BCUT2D eigenvalue weighted by atomic mass is 10.1. The molecule has 0 unspecified atom stereocenters. The number of methoxy groups -OCH3 is 1. The van der Waals surface area contributed by atoms with Gasteiger partial charge in [-0.05, 0) is 54.3 Å².